The molecule has 2 aromatic rings. The Balaban J connectivity index is 1.30. The normalized spacial score (nSPS) is 30.9. The number of rotatable bonds is 5. The van der Waals surface area contributed by atoms with Crippen LogP contribution in [-0.4, -0.2) is 29.1 Å². The molecule has 1 spiro atoms. The molecule has 5 nitrogen and oxygen atoms in total. The topological polar surface area (TPSA) is 56.2 Å². The number of carbonyl (C=O) groups is 1. The first-order valence-corrected chi connectivity index (χ1v) is 10.8. The van der Waals surface area contributed by atoms with Gasteiger partial charge in [0.2, 0.25) is 0 Å². The second-order valence-corrected chi connectivity index (χ2v) is 9.80. The van der Waals surface area contributed by atoms with Gasteiger partial charge in [0.05, 0.1) is 18.5 Å². The van der Waals surface area contributed by atoms with Gasteiger partial charge in [-0.2, -0.15) is 0 Å². The van der Waals surface area contributed by atoms with Gasteiger partial charge in [0.1, 0.15) is 17.3 Å². The van der Waals surface area contributed by atoms with Crippen LogP contribution in [0.25, 0.3) is 5.69 Å². The van der Waals surface area contributed by atoms with Crippen molar-refractivity contribution >= 4 is 5.91 Å². The zero-order valence-electron chi connectivity index (χ0n) is 18.1. The van der Waals surface area contributed by atoms with Crippen LogP contribution in [0, 0.1) is 42.4 Å². The molecule has 0 radical (unpaired) electrons. The highest BCUT2D eigenvalue weighted by Gasteiger charge is 2.84. The number of nitrogens with one attached hydrogen (secondary N) is 1. The van der Waals surface area contributed by atoms with Gasteiger partial charge < -0.3 is 14.6 Å². The lowest BCUT2D eigenvalue weighted by atomic mass is 9.89. The molecular formula is C24H31N3O2. The van der Waals surface area contributed by atoms with E-state index in [2.05, 4.69) is 24.1 Å². The van der Waals surface area contributed by atoms with Gasteiger partial charge >= 0.3 is 0 Å². The van der Waals surface area contributed by atoms with Crippen molar-refractivity contribution in [3.8, 4) is 11.4 Å². The second-order valence-electron chi connectivity index (χ2n) is 9.80. The molecule has 3 fully saturated rings. The van der Waals surface area contributed by atoms with Crippen LogP contribution < -0.4 is 10.1 Å². The van der Waals surface area contributed by atoms with Crippen molar-refractivity contribution in [1.82, 2.24) is 14.9 Å². The minimum Gasteiger partial charge on any atom is -0.497 e. The maximum absolute atomic E-state index is 13.0. The van der Waals surface area contributed by atoms with Crippen LogP contribution in [0.15, 0.2) is 24.3 Å². The van der Waals surface area contributed by atoms with Crippen molar-refractivity contribution in [3.05, 3.63) is 41.5 Å². The Morgan fingerprint density at radius 2 is 2.10 bits per heavy atom. The van der Waals surface area contributed by atoms with Gasteiger partial charge in [0.25, 0.3) is 5.91 Å². The van der Waals surface area contributed by atoms with Gasteiger partial charge in [-0.1, -0.05) is 19.9 Å². The summed E-state index contributed by atoms with van der Waals surface area (Å²) < 4.78 is 7.36. The third-order valence-corrected chi connectivity index (χ3v) is 8.39. The summed E-state index contributed by atoms with van der Waals surface area (Å²) in [7, 11) is 1.66. The molecule has 4 atom stereocenters. The maximum atomic E-state index is 13.0. The Hall–Kier alpha value is -2.30. The van der Waals surface area contributed by atoms with Crippen LogP contribution in [0.3, 0.4) is 0 Å². The summed E-state index contributed by atoms with van der Waals surface area (Å²) in [6, 6.07) is 7.84. The summed E-state index contributed by atoms with van der Waals surface area (Å²) >= 11 is 0. The molecule has 1 heterocycles. The summed E-state index contributed by atoms with van der Waals surface area (Å²) in [5.74, 6) is 3.90. The monoisotopic (exact) mass is 393 g/mol. The van der Waals surface area contributed by atoms with E-state index in [-0.39, 0.29) is 5.91 Å². The second kappa shape index (κ2) is 6.10. The fraction of sp³-hybridized carbons (Fsp3) is 0.583. The zero-order valence-corrected chi connectivity index (χ0v) is 18.1. The number of hydrogen-bond donors (Lipinski definition) is 1. The van der Waals surface area contributed by atoms with E-state index in [4.69, 9.17) is 4.74 Å². The van der Waals surface area contributed by atoms with Crippen molar-refractivity contribution in [2.75, 3.05) is 13.7 Å². The third kappa shape index (κ3) is 2.52. The highest BCUT2D eigenvalue weighted by molar-refractivity contribution is 5.93. The standard InChI is InChI=1S/C24H31N3O2/c1-14-21(26-15(2)27(14)17-7-6-8-18(11-17)29-5)22(28)25-13-16-9-10-20-23(3,4)24(20)12-19(16)24/h6-8,11,16,19-20H,9-10,12-13H2,1-5H3,(H,25,28). The van der Waals surface area contributed by atoms with E-state index in [0.717, 1.165) is 41.3 Å². The van der Waals surface area contributed by atoms with Crippen LogP contribution in [0.4, 0.5) is 0 Å². The molecule has 1 aromatic carbocycles. The average molecular weight is 394 g/mol. The van der Waals surface area contributed by atoms with E-state index in [9.17, 15) is 4.79 Å². The molecule has 4 unspecified atom stereocenters. The first-order valence-electron chi connectivity index (χ1n) is 10.8. The van der Waals surface area contributed by atoms with E-state index in [0.29, 0.717) is 22.4 Å². The van der Waals surface area contributed by atoms with Crippen molar-refractivity contribution in [3.63, 3.8) is 0 Å². The molecule has 5 heteroatoms. The highest BCUT2D eigenvalue weighted by atomic mass is 16.5. The summed E-state index contributed by atoms with van der Waals surface area (Å²) in [5, 5.41) is 3.20. The Morgan fingerprint density at radius 3 is 2.86 bits per heavy atom. The van der Waals surface area contributed by atoms with Crippen molar-refractivity contribution in [2.45, 2.75) is 47.0 Å². The zero-order chi connectivity index (χ0) is 20.6. The van der Waals surface area contributed by atoms with Gasteiger partial charge in [-0.15, -0.1) is 0 Å². The summed E-state index contributed by atoms with van der Waals surface area (Å²) in [5.41, 5.74) is 3.49. The molecule has 3 saturated carbocycles. The predicted molar refractivity (Wildman–Crippen MR) is 112 cm³/mol. The largest absolute Gasteiger partial charge is 0.497 e. The highest BCUT2D eigenvalue weighted by Crippen LogP contribution is 2.89. The van der Waals surface area contributed by atoms with E-state index in [1.54, 1.807) is 7.11 Å². The molecule has 1 N–H and O–H groups in total. The SMILES string of the molecule is COc1cccc(-n2c(C)nc(C(=O)NCC3CCC4C(C)(C)C45CC35)c2C)c1. The number of nitrogens with zero attached hydrogens (tertiary/aromatic N) is 2. The summed E-state index contributed by atoms with van der Waals surface area (Å²) in [6.07, 6.45) is 3.94. The molecule has 3 aliphatic carbocycles. The van der Waals surface area contributed by atoms with Crippen molar-refractivity contribution < 1.29 is 9.53 Å². The number of amides is 1. The Kier molecular flexibility index (Phi) is 3.94. The number of aryl methyl sites for hydroxylation is 1. The summed E-state index contributed by atoms with van der Waals surface area (Å²) in [4.78, 5) is 17.5. The molecule has 0 aliphatic heterocycles. The van der Waals surface area contributed by atoms with E-state index in [1.807, 2.05) is 42.7 Å². The van der Waals surface area contributed by atoms with Gasteiger partial charge in [0.15, 0.2) is 0 Å². The van der Waals surface area contributed by atoms with Crippen LogP contribution in [0.1, 0.15) is 55.1 Å². The smallest absolute Gasteiger partial charge is 0.271 e. The molecule has 3 aliphatic rings. The molecule has 29 heavy (non-hydrogen) atoms. The van der Waals surface area contributed by atoms with Crippen LogP contribution >= 0.6 is 0 Å². The Labute approximate surface area is 172 Å². The lowest BCUT2D eigenvalue weighted by Crippen LogP contribution is -2.32. The van der Waals surface area contributed by atoms with Crippen LogP contribution in [-0.2, 0) is 0 Å². The van der Waals surface area contributed by atoms with Crippen molar-refractivity contribution in [2.24, 2.45) is 28.6 Å². The number of hydrogen-bond acceptors (Lipinski definition) is 3. The van der Waals surface area contributed by atoms with E-state index >= 15 is 0 Å². The van der Waals surface area contributed by atoms with Gasteiger partial charge in [-0.05, 0) is 73.8 Å². The number of benzene rings is 1. The van der Waals surface area contributed by atoms with Gasteiger partial charge in [-0.3, -0.25) is 4.79 Å². The fourth-order valence-electron chi connectivity index (χ4n) is 6.77. The Morgan fingerprint density at radius 1 is 1.31 bits per heavy atom. The quantitative estimate of drug-likeness (QED) is 0.824. The first-order chi connectivity index (χ1) is 13.8. The first kappa shape index (κ1) is 18.7. The number of imidazole rings is 1. The number of ether oxygens (including phenoxy) is 1. The molecule has 154 valence electrons. The van der Waals surface area contributed by atoms with Crippen LogP contribution in [0.2, 0.25) is 0 Å². The van der Waals surface area contributed by atoms with Crippen molar-refractivity contribution in [1.29, 1.82) is 0 Å². The van der Waals surface area contributed by atoms with Gasteiger partial charge in [-0.25, -0.2) is 4.98 Å². The summed E-state index contributed by atoms with van der Waals surface area (Å²) in [6.45, 7) is 9.56. The number of methoxy groups -OCH3 is 1. The molecule has 0 saturated heterocycles. The molecule has 1 amide bonds. The van der Waals surface area contributed by atoms with E-state index < -0.39 is 0 Å². The third-order valence-electron chi connectivity index (χ3n) is 8.39. The lowest BCUT2D eigenvalue weighted by molar-refractivity contribution is 0.0936. The molecular weight excluding hydrogens is 362 g/mol. The molecule has 5 rings (SSSR count). The molecule has 0 bridgehead atoms. The molecule has 1 aromatic heterocycles. The Bertz CT molecular complexity index is 992. The predicted octanol–water partition coefficient (Wildman–Crippen LogP) is 4.30. The fourth-order valence-corrected chi connectivity index (χ4v) is 6.77. The maximum Gasteiger partial charge on any atom is 0.271 e. The van der Waals surface area contributed by atoms with Crippen LogP contribution in [0.5, 0.6) is 5.75 Å². The minimum atomic E-state index is -0.0564. The van der Waals surface area contributed by atoms with E-state index in [1.165, 1.54) is 19.3 Å². The van der Waals surface area contributed by atoms with Gasteiger partial charge in [0, 0.05) is 12.6 Å². The number of aromatic nitrogens is 2. The number of carbonyl (C=O) groups excluding carboxylic acids is 1. The minimum absolute atomic E-state index is 0.0564. The lowest BCUT2D eigenvalue weighted by Gasteiger charge is -2.21. The average Bonchev–Trinajstić information content (AvgIpc) is 3.53.